The first-order chi connectivity index (χ1) is 14.6. The molecule has 1 fully saturated rings. The molecule has 31 heavy (non-hydrogen) atoms. The van der Waals surface area contributed by atoms with Crippen LogP contribution in [0.5, 0.6) is 5.75 Å². The molecule has 1 atom stereocenters. The number of aromatic nitrogens is 3. The van der Waals surface area contributed by atoms with E-state index in [1.54, 1.807) is 6.07 Å². The Morgan fingerprint density at radius 2 is 1.97 bits per heavy atom. The maximum Gasteiger partial charge on any atom is 0.416 e. The Labute approximate surface area is 177 Å². The lowest BCUT2D eigenvalue weighted by Gasteiger charge is -2.14. The molecule has 1 aromatic carbocycles. The van der Waals surface area contributed by atoms with Crippen molar-refractivity contribution in [2.45, 2.75) is 39.9 Å². The molecule has 1 saturated heterocycles. The number of aromatic hydroxyl groups is 1. The molecule has 1 aliphatic heterocycles. The van der Waals surface area contributed by atoms with Crippen molar-refractivity contribution in [1.29, 1.82) is 0 Å². The van der Waals surface area contributed by atoms with E-state index in [9.17, 15) is 23.1 Å². The second-order valence-corrected chi connectivity index (χ2v) is 8.02. The number of alkyl halides is 3. The van der Waals surface area contributed by atoms with Gasteiger partial charge in [-0.2, -0.15) is 18.3 Å². The Bertz CT molecular complexity index is 1150. The van der Waals surface area contributed by atoms with Gasteiger partial charge in [0.1, 0.15) is 5.75 Å². The fraction of sp³-hybridized carbons (Fsp3) is 0.409. The summed E-state index contributed by atoms with van der Waals surface area (Å²) >= 11 is 0. The number of carbonyl (C=O) groups excluding carboxylic acids is 1. The van der Waals surface area contributed by atoms with Gasteiger partial charge in [-0.3, -0.25) is 9.48 Å². The molecular weight excluding hydrogens is 409 g/mol. The van der Waals surface area contributed by atoms with Crippen LogP contribution in [0.25, 0.3) is 22.3 Å². The summed E-state index contributed by atoms with van der Waals surface area (Å²) in [4.78, 5) is 18.3. The molecule has 0 saturated carbocycles. The number of nitrogens with zero attached hydrogens (tertiary/aromatic N) is 4. The number of aryl methyl sites for hydroxylation is 2. The zero-order valence-corrected chi connectivity index (χ0v) is 17.5. The predicted octanol–water partition coefficient (Wildman–Crippen LogP) is 4.31. The number of halogens is 3. The van der Waals surface area contributed by atoms with Crippen molar-refractivity contribution < 1.29 is 23.1 Å². The average Bonchev–Trinajstić information content (AvgIpc) is 3.19. The van der Waals surface area contributed by atoms with Crippen LogP contribution in [0.1, 0.15) is 30.2 Å². The lowest BCUT2D eigenvalue weighted by atomic mass is 10.00. The summed E-state index contributed by atoms with van der Waals surface area (Å²) in [6, 6.07) is 5.20. The summed E-state index contributed by atoms with van der Waals surface area (Å²) in [7, 11) is 0. The SMILES string of the molecule is CCN1CC(Cn2nc3nc(-c4c(C)cc(C(F)(F)F)cc4O)ccc3c2C)CC1=O. The minimum absolute atomic E-state index is 0.149. The molecule has 0 aliphatic carbocycles. The molecule has 0 bridgehead atoms. The summed E-state index contributed by atoms with van der Waals surface area (Å²) < 4.78 is 40.9. The Balaban J connectivity index is 1.68. The summed E-state index contributed by atoms with van der Waals surface area (Å²) in [5, 5.41) is 15.7. The highest BCUT2D eigenvalue weighted by Crippen LogP contribution is 2.39. The largest absolute Gasteiger partial charge is 0.507 e. The van der Waals surface area contributed by atoms with Gasteiger partial charge in [0.05, 0.1) is 11.3 Å². The third-order valence-corrected chi connectivity index (χ3v) is 5.87. The molecule has 3 aromatic rings. The number of pyridine rings is 1. The Morgan fingerprint density at radius 1 is 1.23 bits per heavy atom. The summed E-state index contributed by atoms with van der Waals surface area (Å²) in [6.07, 6.45) is -4.05. The third-order valence-electron chi connectivity index (χ3n) is 5.87. The minimum Gasteiger partial charge on any atom is -0.507 e. The number of amides is 1. The Hall–Kier alpha value is -3.10. The van der Waals surface area contributed by atoms with E-state index in [1.165, 1.54) is 6.92 Å². The van der Waals surface area contributed by atoms with Gasteiger partial charge in [0.25, 0.3) is 0 Å². The normalized spacial score (nSPS) is 17.2. The zero-order valence-electron chi connectivity index (χ0n) is 17.5. The minimum atomic E-state index is -4.54. The summed E-state index contributed by atoms with van der Waals surface area (Å²) in [6.45, 7) is 7.36. The molecule has 1 N–H and O–H groups in total. The first-order valence-electron chi connectivity index (χ1n) is 10.1. The van der Waals surface area contributed by atoms with E-state index in [0.717, 1.165) is 17.1 Å². The molecule has 1 aliphatic rings. The predicted molar refractivity (Wildman–Crippen MR) is 109 cm³/mol. The van der Waals surface area contributed by atoms with Crippen molar-refractivity contribution in [2.24, 2.45) is 5.92 Å². The first-order valence-corrected chi connectivity index (χ1v) is 10.1. The number of hydrogen-bond donors (Lipinski definition) is 1. The van der Waals surface area contributed by atoms with Crippen molar-refractivity contribution in [3.63, 3.8) is 0 Å². The van der Waals surface area contributed by atoms with Crippen LogP contribution in [0.4, 0.5) is 13.2 Å². The van der Waals surface area contributed by atoms with E-state index in [2.05, 4.69) is 10.1 Å². The second kappa shape index (κ2) is 7.55. The van der Waals surface area contributed by atoms with Crippen LogP contribution in [0.2, 0.25) is 0 Å². The first kappa shape index (κ1) is 21.1. The molecule has 6 nitrogen and oxygen atoms in total. The van der Waals surface area contributed by atoms with Gasteiger partial charge in [-0.15, -0.1) is 0 Å². The molecule has 1 unspecified atom stereocenters. The van der Waals surface area contributed by atoms with E-state index >= 15 is 0 Å². The number of phenolic OH excluding ortho intramolecular Hbond substituents is 1. The number of carbonyl (C=O) groups is 1. The maximum atomic E-state index is 13.0. The summed E-state index contributed by atoms with van der Waals surface area (Å²) in [5.74, 6) is -0.156. The van der Waals surface area contributed by atoms with Gasteiger partial charge in [-0.25, -0.2) is 4.98 Å². The number of rotatable bonds is 4. The van der Waals surface area contributed by atoms with Crippen LogP contribution in [0.3, 0.4) is 0 Å². The van der Waals surface area contributed by atoms with Crippen molar-refractivity contribution >= 4 is 16.9 Å². The molecule has 4 rings (SSSR count). The van der Waals surface area contributed by atoms with Gasteiger partial charge in [0.2, 0.25) is 5.91 Å². The van der Waals surface area contributed by atoms with Gasteiger partial charge in [-0.1, -0.05) is 0 Å². The van der Waals surface area contributed by atoms with Gasteiger partial charge < -0.3 is 10.0 Å². The monoisotopic (exact) mass is 432 g/mol. The average molecular weight is 432 g/mol. The highest BCUT2D eigenvalue weighted by Gasteiger charge is 2.32. The zero-order chi connectivity index (χ0) is 22.5. The molecule has 1 amide bonds. The standard InChI is InChI=1S/C22H23F3N4O2/c1-4-28-10-14(8-19(28)31)11-29-13(3)16-5-6-17(26-21(16)27-29)20-12(2)7-15(9-18(20)30)22(23,24)25/h5-7,9,14,30H,4,8,10-11H2,1-3H3. The van der Waals surface area contributed by atoms with Crippen molar-refractivity contribution in [2.75, 3.05) is 13.1 Å². The molecule has 2 aromatic heterocycles. The number of likely N-dealkylation sites (tertiary alicyclic amines) is 1. The maximum absolute atomic E-state index is 13.0. The van der Waals surface area contributed by atoms with Gasteiger partial charge in [-0.05, 0) is 50.6 Å². The van der Waals surface area contributed by atoms with Crippen LogP contribution < -0.4 is 0 Å². The van der Waals surface area contributed by atoms with Crippen LogP contribution in [0.15, 0.2) is 24.3 Å². The third kappa shape index (κ3) is 3.84. The van der Waals surface area contributed by atoms with Gasteiger partial charge in [0.15, 0.2) is 5.65 Å². The van der Waals surface area contributed by atoms with E-state index in [1.807, 2.05) is 29.5 Å². The van der Waals surface area contributed by atoms with E-state index in [4.69, 9.17) is 0 Å². The second-order valence-electron chi connectivity index (χ2n) is 8.02. The topological polar surface area (TPSA) is 71.2 Å². The molecule has 9 heteroatoms. The van der Waals surface area contributed by atoms with E-state index in [0.29, 0.717) is 43.5 Å². The van der Waals surface area contributed by atoms with Gasteiger partial charge in [0, 0.05) is 48.6 Å². The molecule has 3 heterocycles. The van der Waals surface area contributed by atoms with Crippen LogP contribution in [-0.2, 0) is 17.5 Å². The smallest absolute Gasteiger partial charge is 0.416 e. The van der Waals surface area contributed by atoms with E-state index < -0.39 is 17.5 Å². The molecule has 164 valence electrons. The lowest BCUT2D eigenvalue weighted by Crippen LogP contribution is -2.25. The lowest BCUT2D eigenvalue weighted by molar-refractivity contribution is -0.137. The molecule has 0 radical (unpaired) electrons. The summed E-state index contributed by atoms with van der Waals surface area (Å²) in [5.41, 5.74) is 1.34. The van der Waals surface area contributed by atoms with Gasteiger partial charge >= 0.3 is 6.18 Å². The fourth-order valence-electron chi connectivity index (χ4n) is 4.24. The van der Waals surface area contributed by atoms with Crippen LogP contribution in [0, 0.1) is 19.8 Å². The number of benzene rings is 1. The highest BCUT2D eigenvalue weighted by atomic mass is 19.4. The fourth-order valence-corrected chi connectivity index (χ4v) is 4.24. The van der Waals surface area contributed by atoms with Crippen molar-refractivity contribution in [3.05, 3.63) is 41.1 Å². The number of phenols is 1. The van der Waals surface area contributed by atoms with E-state index in [-0.39, 0.29) is 23.0 Å². The Kier molecular flexibility index (Phi) is 5.15. The highest BCUT2D eigenvalue weighted by molar-refractivity contribution is 5.83. The van der Waals surface area contributed by atoms with Crippen molar-refractivity contribution in [3.8, 4) is 17.0 Å². The van der Waals surface area contributed by atoms with Crippen LogP contribution in [-0.4, -0.2) is 43.8 Å². The molecular formula is C22H23F3N4O2. The van der Waals surface area contributed by atoms with Crippen molar-refractivity contribution in [1.82, 2.24) is 19.7 Å². The number of fused-ring (bicyclic) bond motifs is 1. The quantitative estimate of drug-likeness (QED) is 0.667. The van der Waals surface area contributed by atoms with Crippen LogP contribution >= 0.6 is 0 Å². The Morgan fingerprint density at radius 3 is 2.58 bits per heavy atom. The number of hydrogen-bond acceptors (Lipinski definition) is 4. The molecule has 0 spiro atoms.